The molecule has 0 spiro atoms. The third-order valence-corrected chi connectivity index (χ3v) is 9.32. The maximum Gasteiger partial charge on any atom is -0.00143 e. The van der Waals surface area contributed by atoms with E-state index in [2.05, 4.69) is 159 Å². The van der Waals surface area contributed by atoms with Gasteiger partial charge in [0.2, 0.25) is 0 Å². The molecule has 0 aromatic heterocycles. The molecule has 8 aromatic rings. The molecule has 8 aromatic carbocycles. The fraction of sp³-hybridized carbons (Fsp3) is 0.0667. The number of aryl methyl sites for hydroxylation is 1. The fourth-order valence-corrected chi connectivity index (χ4v) is 7.22. The van der Waals surface area contributed by atoms with Crippen molar-refractivity contribution in [3.8, 4) is 33.4 Å². The molecule has 0 fully saturated rings. The molecule has 0 nitrogen and oxygen atoms in total. The summed E-state index contributed by atoms with van der Waals surface area (Å²) in [6.07, 6.45) is 4.14. The Hall–Kier alpha value is -5.46. The average molecular weight is 575 g/mol. The van der Waals surface area contributed by atoms with E-state index < -0.39 is 0 Å². The molecule has 0 aliphatic carbocycles. The Kier molecular flexibility index (Phi) is 6.77. The van der Waals surface area contributed by atoms with E-state index in [9.17, 15) is 0 Å². The van der Waals surface area contributed by atoms with Crippen molar-refractivity contribution in [1.82, 2.24) is 0 Å². The van der Waals surface area contributed by atoms with Crippen LogP contribution in [0.3, 0.4) is 0 Å². The first kappa shape index (κ1) is 27.1. The number of hydrogen-bond donors (Lipinski definition) is 0. The molecular weight excluding hydrogens is 540 g/mol. The summed E-state index contributed by atoms with van der Waals surface area (Å²) in [7, 11) is 0. The van der Waals surface area contributed by atoms with Gasteiger partial charge in [0.25, 0.3) is 0 Å². The Bertz CT molecular complexity index is 2390. The molecule has 0 bridgehead atoms. The number of benzene rings is 8. The van der Waals surface area contributed by atoms with Crippen LogP contribution in [0, 0.1) is 0 Å². The van der Waals surface area contributed by atoms with E-state index in [0.29, 0.717) is 0 Å². The van der Waals surface area contributed by atoms with Crippen LogP contribution in [0.2, 0.25) is 0 Å². The SMILES string of the molecule is C=Cc1ccc(-c2cccc(-c3cc4cc(-c5ccccc5)c5ccc6ccccc6c5c4c4ccccc34)c2)cc1CCC. The van der Waals surface area contributed by atoms with Crippen molar-refractivity contribution in [2.45, 2.75) is 19.8 Å². The lowest BCUT2D eigenvalue weighted by atomic mass is 9.85. The lowest BCUT2D eigenvalue weighted by Crippen LogP contribution is -1.91. The number of fused-ring (bicyclic) bond motifs is 7. The monoisotopic (exact) mass is 574 g/mol. The van der Waals surface area contributed by atoms with Crippen molar-refractivity contribution < 1.29 is 0 Å². The van der Waals surface area contributed by atoms with Gasteiger partial charge in [-0.05, 0) is 112 Å². The minimum Gasteiger partial charge on any atom is -0.0985 e. The highest BCUT2D eigenvalue weighted by atomic mass is 14.2. The van der Waals surface area contributed by atoms with Crippen LogP contribution >= 0.6 is 0 Å². The normalized spacial score (nSPS) is 11.5. The summed E-state index contributed by atoms with van der Waals surface area (Å²) in [4.78, 5) is 0. The number of rotatable bonds is 6. The third-order valence-electron chi connectivity index (χ3n) is 9.32. The molecule has 0 unspecified atom stereocenters. The second kappa shape index (κ2) is 11.2. The molecule has 0 N–H and O–H groups in total. The highest BCUT2D eigenvalue weighted by molar-refractivity contribution is 6.31. The third kappa shape index (κ3) is 4.62. The first-order valence-electron chi connectivity index (χ1n) is 15.9. The standard InChI is InChI=1S/C45H34/c1-3-13-33-26-35(23-22-30(33)4-2)34-17-12-18-36(27-34)43-29-37-28-42(31-14-6-5-7-15-31)41-25-24-32-16-8-9-19-38(32)45(41)44(37)40-21-11-10-20-39(40)43/h4-12,14-29H,2-3,13H2,1H3. The minimum absolute atomic E-state index is 1.05. The largest absolute Gasteiger partial charge is 0.0985 e. The Labute approximate surface area is 264 Å². The van der Waals surface area contributed by atoms with Gasteiger partial charge in [0.1, 0.15) is 0 Å². The lowest BCUT2D eigenvalue weighted by Gasteiger charge is -2.18. The van der Waals surface area contributed by atoms with Gasteiger partial charge < -0.3 is 0 Å². The van der Waals surface area contributed by atoms with Gasteiger partial charge in [-0.2, -0.15) is 0 Å². The molecule has 0 saturated carbocycles. The van der Waals surface area contributed by atoms with E-state index in [1.807, 2.05) is 6.08 Å². The van der Waals surface area contributed by atoms with E-state index in [0.717, 1.165) is 12.8 Å². The van der Waals surface area contributed by atoms with Gasteiger partial charge in [0.05, 0.1) is 0 Å². The fourth-order valence-electron chi connectivity index (χ4n) is 7.22. The van der Waals surface area contributed by atoms with Crippen LogP contribution in [-0.2, 0) is 6.42 Å². The van der Waals surface area contributed by atoms with E-state index in [1.165, 1.54) is 87.6 Å². The van der Waals surface area contributed by atoms with Crippen molar-refractivity contribution in [1.29, 1.82) is 0 Å². The van der Waals surface area contributed by atoms with Gasteiger partial charge in [-0.3, -0.25) is 0 Å². The molecule has 214 valence electrons. The molecule has 45 heavy (non-hydrogen) atoms. The maximum absolute atomic E-state index is 4.04. The summed E-state index contributed by atoms with van der Waals surface area (Å²) in [6.45, 7) is 6.28. The van der Waals surface area contributed by atoms with Crippen molar-refractivity contribution in [2.24, 2.45) is 0 Å². The topological polar surface area (TPSA) is 0 Å². The van der Waals surface area contributed by atoms with E-state index >= 15 is 0 Å². The van der Waals surface area contributed by atoms with E-state index in [4.69, 9.17) is 0 Å². The minimum atomic E-state index is 1.05. The molecule has 0 aliphatic rings. The molecule has 0 radical (unpaired) electrons. The Morgan fingerprint density at radius 1 is 0.467 bits per heavy atom. The van der Waals surface area contributed by atoms with Crippen molar-refractivity contribution in [3.05, 3.63) is 163 Å². The molecule has 0 heterocycles. The molecule has 0 atom stereocenters. The smallest absolute Gasteiger partial charge is 0.00143 e. The van der Waals surface area contributed by atoms with Crippen LogP contribution < -0.4 is 0 Å². The van der Waals surface area contributed by atoms with Gasteiger partial charge in [-0.15, -0.1) is 0 Å². The first-order valence-corrected chi connectivity index (χ1v) is 15.9. The zero-order chi connectivity index (χ0) is 30.3. The van der Waals surface area contributed by atoms with Gasteiger partial charge in [-0.1, -0.05) is 153 Å². The summed E-state index contributed by atoms with van der Waals surface area (Å²) in [6, 6.07) is 53.9. The second-order valence-electron chi connectivity index (χ2n) is 12.0. The van der Waals surface area contributed by atoms with Crippen molar-refractivity contribution in [3.63, 3.8) is 0 Å². The molecule has 0 aliphatic heterocycles. The van der Waals surface area contributed by atoms with Gasteiger partial charge >= 0.3 is 0 Å². The van der Waals surface area contributed by atoms with Crippen LogP contribution in [0.5, 0.6) is 0 Å². The quantitative estimate of drug-likeness (QED) is 0.173. The Balaban J connectivity index is 1.43. The zero-order valence-electron chi connectivity index (χ0n) is 25.6. The second-order valence-corrected chi connectivity index (χ2v) is 12.0. The van der Waals surface area contributed by atoms with Gasteiger partial charge in [0, 0.05) is 0 Å². The molecule has 0 heteroatoms. The van der Waals surface area contributed by atoms with Gasteiger partial charge in [-0.25, -0.2) is 0 Å². The van der Waals surface area contributed by atoms with E-state index in [-0.39, 0.29) is 0 Å². The summed E-state index contributed by atoms with van der Waals surface area (Å²) >= 11 is 0. The summed E-state index contributed by atoms with van der Waals surface area (Å²) < 4.78 is 0. The lowest BCUT2D eigenvalue weighted by molar-refractivity contribution is 0.920. The first-order chi connectivity index (χ1) is 22.2. The molecule has 8 rings (SSSR count). The van der Waals surface area contributed by atoms with Crippen molar-refractivity contribution >= 4 is 49.2 Å². The van der Waals surface area contributed by atoms with Crippen LogP contribution in [0.4, 0.5) is 0 Å². The maximum atomic E-state index is 4.04. The van der Waals surface area contributed by atoms with Gasteiger partial charge in [0.15, 0.2) is 0 Å². The van der Waals surface area contributed by atoms with Crippen molar-refractivity contribution in [2.75, 3.05) is 0 Å². The van der Waals surface area contributed by atoms with Crippen LogP contribution in [0.25, 0.3) is 82.5 Å². The summed E-state index contributed by atoms with van der Waals surface area (Å²) in [5, 5.41) is 10.3. The summed E-state index contributed by atoms with van der Waals surface area (Å²) in [5.74, 6) is 0. The molecular formula is C45H34. The molecule has 0 amide bonds. The van der Waals surface area contributed by atoms with E-state index in [1.54, 1.807) is 0 Å². The highest BCUT2D eigenvalue weighted by Crippen LogP contribution is 2.44. The Morgan fingerprint density at radius 3 is 1.93 bits per heavy atom. The molecule has 0 saturated heterocycles. The van der Waals surface area contributed by atoms with Crippen LogP contribution in [0.15, 0.2) is 152 Å². The summed E-state index contributed by atoms with van der Waals surface area (Å²) in [5.41, 5.74) is 10.1. The zero-order valence-corrected chi connectivity index (χ0v) is 25.6. The Morgan fingerprint density at radius 2 is 1.13 bits per heavy atom. The average Bonchev–Trinajstić information content (AvgIpc) is 3.11. The highest BCUT2D eigenvalue weighted by Gasteiger charge is 2.17. The number of hydrogen-bond acceptors (Lipinski definition) is 0. The van der Waals surface area contributed by atoms with Crippen LogP contribution in [0.1, 0.15) is 24.5 Å². The predicted molar refractivity (Wildman–Crippen MR) is 197 cm³/mol. The predicted octanol–water partition coefficient (Wildman–Crippen LogP) is 12.9. The van der Waals surface area contributed by atoms with Crippen LogP contribution in [-0.4, -0.2) is 0 Å².